The first-order valence-corrected chi connectivity index (χ1v) is 5.53. The second-order valence-corrected chi connectivity index (χ2v) is 4.31. The van der Waals surface area contributed by atoms with Crippen LogP contribution < -0.4 is 11.1 Å². The molecule has 0 saturated heterocycles. The molecule has 0 aromatic carbocycles. The molecule has 1 heterocycles. The molecular weight excluding hydrogens is 188 g/mol. The van der Waals surface area contributed by atoms with E-state index in [9.17, 15) is 0 Å². The molecule has 1 aromatic heterocycles. The van der Waals surface area contributed by atoms with Gasteiger partial charge in [0.05, 0.1) is 0 Å². The lowest BCUT2D eigenvalue weighted by molar-refractivity contribution is 0.555. The Bertz CT molecular complexity index is 333. The molecular formula is C11H18N4. The lowest BCUT2D eigenvalue weighted by Gasteiger charge is -2.13. The van der Waals surface area contributed by atoms with Gasteiger partial charge in [-0.1, -0.05) is 6.92 Å². The van der Waals surface area contributed by atoms with Crippen LogP contribution in [0.5, 0.6) is 0 Å². The highest BCUT2D eigenvalue weighted by molar-refractivity contribution is 5.35. The summed E-state index contributed by atoms with van der Waals surface area (Å²) in [6.45, 7) is 3.80. The van der Waals surface area contributed by atoms with Crippen molar-refractivity contribution in [3.8, 4) is 0 Å². The molecule has 0 spiro atoms. The van der Waals surface area contributed by atoms with Gasteiger partial charge in [-0.3, -0.25) is 0 Å². The van der Waals surface area contributed by atoms with Crippen LogP contribution in [-0.2, 0) is 6.42 Å². The van der Waals surface area contributed by atoms with Crippen molar-refractivity contribution in [1.82, 2.24) is 9.97 Å². The normalized spacial score (nSPS) is 17.5. The van der Waals surface area contributed by atoms with E-state index in [0.29, 0.717) is 5.41 Å². The van der Waals surface area contributed by atoms with Gasteiger partial charge in [-0.25, -0.2) is 9.97 Å². The van der Waals surface area contributed by atoms with Gasteiger partial charge in [0.25, 0.3) is 0 Å². The number of rotatable bonds is 5. The quantitative estimate of drug-likeness (QED) is 0.759. The van der Waals surface area contributed by atoms with Crippen LogP contribution >= 0.6 is 0 Å². The monoisotopic (exact) mass is 206 g/mol. The Kier molecular flexibility index (Phi) is 2.86. The zero-order valence-corrected chi connectivity index (χ0v) is 9.16. The summed E-state index contributed by atoms with van der Waals surface area (Å²) in [6.07, 6.45) is 5.03. The summed E-state index contributed by atoms with van der Waals surface area (Å²) in [5, 5.41) is 3.34. The van der Waals surface area contributed by atoms with E-state index in [1.54, 1.807) is 6.33 Å². The van der Waals surface area contributed by atoms with Gasteiger partial charge in [0.15, 0.2) is 0 Å². The first-order valence-electron chi connectivity index (χ1n) is 5.53. The zero-order chi connectivity index (χ0) is 10.7. The van der Waals surface area contributed by atoms with Crippen molar-refractivity contribution in [2.75, 3.05) is 18.4 Å². The average molecular weight is 206 g/mol. The predicted molar refractivity (Wildman–Crippen MR) is 60.6 cm³/mol. The average Bonchev–Trinajstić information content (AvgIpc) is 3.07. The van der Waals surface area contributed by atoms with Crippen molar-refractivity contribution in [3.05, 3.63) is 18.1 Å². The van der Waals surface area contributed by atoms with Crippen molar-refractivity contribution >= 4 is 5.82 Å². The molecule has 82 valence electrons. The molecule has 1 aliphatic rings. The second kappa shape index (κ2) is 4.14. The van der Waals surface area contributed by atoms with Crippen LogP contribution in [0.3, 0.4) is 0 Å². The molecule has 0 bridgehead atoms. The standard InChI is InChI=1S/C11H18N4/c1-2-9-5-10(15-8-14-9)13-7-11(6-12)3-4-11/h5,8H,2-4,6-7,12H2,1H3,(H,13,14,15). The summed E-state index contributed by atoms with van der Waals surface area (Å²) in [6, 6.07) is 2.01. The summed E-state index contributed by atoms with van der Waals surface area (Å²) in [5.41, 5.74) is 7.13. The maximum Gasteiger partial charge on any atom is 0.129 e. The molecule has 0 amide bonds. The number of hydrogen-bond donors (Lipinski definition) is 2. The van der Waals surface area contributed by atoms with Gasteiger partial charge in [-0.15, -0.1) is 0 Å². The molecule has 4 nitrogen and oxygen atoms in total. The van der Waals surface area contributed by atoms with Gasteiger partial charge in [-0.05, 0) is 31.2 Å². The van der Waals surface area contributed by atoms with E-state index < -0.39 is 0 Å². The number of aromatic nitrogens is 2. The van der Waals surface area contributed by atoms with Crippen molar-refractivity contribution in [1.29, 1.82) is 0 Å². The van der Waals surface area contributed by atoms with Gasteiger partial charge >= 0.3 is 0 Å². The molecule has 1 aromatic rings. The SMILES string of the molecule is CCc1cc(NCC2(CN)CC2)ncn1. The first kappa shape index (κ1) is 10.4. The first-order chi connectivity index (χ1) is 7.28. The molecule has 0 atom stereocenters. The van der Waals surface area contributed by atoms with Crippen molar-refractivity contribution in [2.24, 2.45) is 11.1 Å². The van der Waals surface area contributed by atoms with Gasteiger partial charge in [0, 0.05) is 18.3 Å². The van der Waals surface area contributed by atoms with E-state index in [1.165, 1.54) is 12.8 Å². The van der Waals surface area contributed by atoms with Crippen LogP contribution in [0.4, 0.5) is 5.82 Å². The van der Waals surface area contributed by atoms with Crippen LogP contribution in [0.2, 0.25) is 0 Å². The van der Waals surface area contributed by atoms with Crippen LogP contribution in [0.25, 0.3) is 0 Å². The fourth-order valence-electron chi connectivity index (χ4n) is 1.60. The third-order valence-corrected chi connectivity index (χ3v) is 3.12. The molecule has 4 heteroatoms. The van der Waals surface area contributed by atoms with E-state index in [-0.39, 0.29) is 0 Å². The third-order valence-electron chi connectivity index (χ3n) is 3.12. The minimum absolute atomic E-state index is 0.345. The minimum atomic E-state index is 0.345. The highest BCUT2D eigenvalue weighted by Gasteiger charge is 2.40. The third kappa shape index (κ3) is 2.45. The number of nitrogens with two attached hydrogens (primary N) is 1. The Morgan fingerprint density at radius 3 is 2.87 bits per heavy atom. The molecule has 2 rings (SSSR count). The Balaban J connectivity index is 1.93. The molecule has 0 unspecified atom stereocenters. The predicted octanol–water partition coefficient (Wildman–Crippen LogP) is 1.19. The maximum atomic E-state index is 5.72. The van der Waals surface area contributed by atoms with E-state index in [2.05, 4.69) is 22.2 Å². The molecule has 15 heavy (non-hydrogen) atoms. The summed E-state index contributed by atoms with van der Waals surface area (Å²) >= 11 is 0. The van der Waals surface area contributed by atoms with Crippen molar-refractivity contribution in [3.63, 3.8) is 0 Å². The number of anilines is 1. The van der Waals surface area contributed by atoms with E-state index >= 15 is 0 Å². The molecule has 1 fully saturated rings. The molecule has 3 N–H and O–H groups in total. The highest BCUT2D eigenvalue weighted by atomic mass is 15.0. The fraction of sp³-hybridized carbons (Fsp3) is 0.636. The van der Waals surface area contributed by atoms with Crippen LogP contribution in [-0.4, -0.2) is 23.1 Å². The molecule has 1 aliphatic carbocycles. The van der Waals surface area contributed by atoms with Gasteiger partial charge in [0.1, 0.15) is 12.1 Å². The largest absolute Gasteiger partial charge is 0.369 e. The zero-order valence-electron chi connectivity index (χ0n) is 9.16. The summed E-state index contributed by atoms with van der Waals surface area (Å²) in [5.74, 6) is 0.918. The fourth-order valence-corrected chi connectivity index (χ4v) is 1.60. The molecule has 0 radical (unpaired) electrons. The van der Waals surface area contributed by atoms with Crippen molar-refractivity contribution < 1.29 is 0 Å². The Labute approximate surface area is 90.3 Å². The number of nitrogens with one attached hydrogen (secondary N) is 1. The Hall–Kier alpha value is -1.16. The number of hydrogen-bond acceptors (Lipinski definition) is 4. The lowest BCUT2D eigenvalue weighted by atomic mass is 10.1. The molecule has 0 aliphatic heterocycles. The van der Waals surface area contributed by atoms with Crippen LogP contribution in [0.1, 0.15) is 25.5 Å². The van der Waals surface area contributed by atoms with Gasteiger partial charge < -0.3 is 11.1 Å². The Morgan fingerprint density at radius 2 is 2.27 bits per heavy atom. The minimum Gasteiger partial charge on any atom is -0.369 e. The summed E-state index contributed by atoms with van der Waals surface area (Å²) in [4.78, 5) is 8.35. The maximum absolute atomic E-state index is 5.72. The number of aryl methyl sites for hydroxylation is 1. The van der Waals surface area contributed by atoms with Crippen LogP contribution in [0.15, 0.2) is 12.4 Å². The van der Waals surface area contributed by atoms with E-state index in [4.69, 9.17) is 5.73 Å². The van der Waals surface area contributed by atoms with Gasteiger partial charge in [-0.2, -0.15) is 0 Å². The summed E-state index contributed by atoms with van der Waals surface area (Å²) < 4.78 is 0. The topological polar surface area (TPSA) is 63.8 Å². The lowest BCUT2D eigenvalue weighted by Crippen LogP contribution is -2.24. The van der Waals surface area contributed by atoms with Gasteiger partial charge in [0.2, 0.25) is 0 Å². The Morgan fingerprint density at radius 1 is 1.47 bits per heavy atom. The highest BCUT2D eigenvalue weighted by Crippen LogP contribution is 2.44. The summed E-state index contributed by atoms with van der Waals surface area (Å²) in [7, 11) is 0. The molecule has 1 saturated carbocycles. The smallest absolute Gasteiger partial charge is 0.129 e. The number of nitrogens with zero attached hydrogens (tertiary/aromatic N) is 2. The van der Waals surface area contributed by atoms with E-state index in [0.717, 1.165) is 31.0 Å². The van der Waals surface area contributed by atoms with E-state index in [1.807, 2.05) is 6.07 Å². The van der Waals surface area contributed by atoms with Crippen LogP contribution in [0, 0.1) is 5.41 Å². The van der Waals surface area contributed by atoms with Crippen molar-refractivity contribution in [2.45, 2.75) is 26.2 Å². The second-order valence-electron chi connectivity index (χ2n) is 4.31.